The van der Waals surface area contributed by atoms with E-state index in [-0.39, 0.29) is 6.03 Å². The van der Waals surface area contributed by atoms with E-state index in [4.69, 9.17) is 0 Å². The van der Waals surface area contributed by atoms with E-state index in [1.165, 1.54) is 4.90 Å². The fourth-order valence-corrected chi connectivity index (χ4v) is 2.61. The smallest absolute Gasteiger partial charge is 0.326 e. The van der Waals surface area contributed by atoms with Gasteiger partial charge in [-0.25, -0.2) is 9.59 Å². The van der Waals surface area contributed by atoms with Crippen molar-refractivity contribution < 1.29 is 14.7 Å². The first kappa shape index (κ1) is 14.8. The number of piperidine rings is 1. The summed E-state index contributed by atoms with van der Waals surface area (Å²) < 4.78 is 0.922. The standard InChI is InChI=1S/C14H17BrN2O3/c1-9-6-7-17(12(8-9)13(18)19)14(20)16-11-4-2-10(15)3-5-11/h2-5,9,12H,6-8H2,1H3,(H,16,20)(H,18,19). The van der Waals surface area contributed by atoms with E-state index in [9.17, 15) is 14.7 Å². The number of amides is 2. The molecule has 1 aliphatic rings. The van der Waals surface area contributed by atoms with E-state index >= 15 is 0 Å². The summed E-state index contributed by atoms with van der Waals surface area (Å²) in [5.74, 6) is -0.615. The van der Waals surface area contributed by atoms with Crippen molar-refractivity contribution in [3.8, 4) is 0 Å². The first-order chi connectivity index (χ1) is 9.47. The molecular formula is C14H17BrN2O3. The molecule has 0 saturated carbocycles. The van der Waals surface area contributed by atoms with Crippen LogP contribution in [0.5, 0.6) is 0 Å². The van der Waals surface area contributed by atoms with E-state index < -0.39 is 12.0 Å². The van der Waals surface area contributed by atoms with Crippen LogP contribution in [0.2, 0.25) is 0 Å². The second-order valence-corrected chi connectivity index (χ2v) is 6.03. The minimum atomic E-state index is -0.942. The van der Waals surface area contributed by atoms with Crippen molar-refractivity contribution in [1.29, 1.82) is 0 Å². The summed E-state index contributed by atoms with van der Waals surface area (Å²) in [7, 11) is 0. The van der Waals surface area contributed by atoms with Gasteiger partial charge in [-0.3, -0.25) is 0 Å². The summed E-state index contributed by atoms with van der Waals surface area (Å²) in [6.45, 7) is 2.49. The number of hydrogen-bond acceptors (Lipinski definition) is 2. The predicted molar refractivity (Wildman–Crippen MR) is 79.7 cm³/mol. The van der Waals surface area contributed by atoms with Crippen LogP contribution in [-0.2, 0) is 4.79 Å². The molecule has 2 atom stereocenters. The number of urea groups is 1. The molecule has 1 aromatic rings. The topological polar surface area (TPSA) is 69.6 Å². The van der Waals surface area contributed by atoms with Crippen LogP contribution in [0.25, 0.3) is 0 Å². The number of anilines is 1. The van der Waals surface area contributed by atoms with Crippen molar-refractivity contribution in [2.24, 2.45) is 5.92 Å². The highest BCUT2D eigenvalue weighted by Crippen LogP contribution is 2.24. The number of carboxylic acids is 1. The van der Waals surface area contributed by atoms with E-state index in [1.54, 1.807) is 12.1 Å². The summed E-state index contributed by atoms with van der Waals surface area (Å²) in [5.41, 5.74) is 0.654. The van der Waals surface area contributed by atoms with Gasteiger partial charge in [0.15, 0.2) is 0 Å². The van der Waals surface area contributed by atoms with Crippen LogP contribution in [0.3, 0.4) is 0 Å². The van der Waals surface area contributed by atoms with Crippen LogP contribution in [0.15, 0.2) is 28.7 Å². The molecule has 0 aliphatic carbocycles. The largest absolute Gasteiger partial charge is 0.480 e. The highest BCUT2D eigenvalue weighted by molar-refractivity contribution is 9.10. The van der Waals surface area contributed by atoms with Crippen LogP contribution in [0.4, 0.5) is 10.5 Å². The Labute approximate surface area is 126 Å². The molecule has 5 nitrogen and oxygen atoms in total. The lowest BCUT2D eigenvalue weighted by atomic mass is 9.93. The summed E-state index contributed by atoms with van der Waals surface area (Å²) in [4.78, 5) is 24.9. The lowest BCUT2D eigenvalue weighted by Crippen LogP contribution is -2.51. The molecule has 0 radical (unpaired) electrons. The SMILES string of the molecule is CC1CCN(C(=O)Nc2ccc(Br)cc2)C(C(=O)O)C1. The number of carbonyl (C=O) groups is 2. The lowest BCUT2D eigenvalue weighted by Gasteiger charge is -2.35. The van der Waals surface area contributed by atoms with Crippen molar-refractivity contribution in [2.45, 2.75) is 25.8 Å². The van der Waals surface area contributed by atoms with Crippen molar-refractivity contribution in [3.05, 3.63) is 28.7 Å². The first-order valence-electron chi connectivity index (χ1n) is 6.53. The van der Waals surface area contributed by atoms with Gasteiger partial charge in [-0.05, 0) is 43.0 Å². The number of halogens is 1. The van der Waals surface area contributed by atoms with Crippen molar-refractivity contribution >= 4 is 33.6 Å². The Bertz CT molecular complexity index is 504. The molecule has 2 N–H and O–H groups in total. The highest BCUT2D eigenvalue weighted by atomic mass is 79.9. The average molecular weight is 341 g/mol. The number of aliphatic carboxylic acids is 1. The fourth-order valence-electron chi connectivity index (χ4n) is 2.35. The third-order valence-corrected chi connectivity index (χ3v) is 4.03. The van der Waals surface area contributed by atoms with Gasteiger partial charge in [-0.1, -0.05) is 22.9 Å². The summed E-state index contributed by atoms with van der Waals surface area (Å²) in [6, 6.07) is 6.08. The third kappa shape index (κ3) is 3.50. The Morgan fingerprint density at radius 3 is 2.60 bits per heavy atom. The normalized spacial score (nSPS) is 22.4. The number of nitrogens with zero attached hydrogens (tertiary/aromatic N) is 1. The van der Waals surface area contributed by atoms with Gasteiger partial charge < -0.3 is 15.3 Å². The molecule has 2 amide bonds. The Morgan fingerprint density at radius 1 is 1.35 bits per heavy atom. The molecule has 0 aromatic heterocycles. The maximum atomic E-state index is 12.2. The number of carboxylic acid groups (broad SMARTS) is 1. The molecule has 0 bridgehead atoms. The van der Waals surface area contributed by atoms with Gasteiger partial charge in [0, 0.05) is 16.7 Å². The third-order valence-electron chi connectivity index (χ3n) is 3.51. The molecule has 1 fully saturated rings. The predicted octanol–water partition coefficient (Wildman–Crippen LogP) is 3.17. The second kappa shape index (κ2) is 6.26. The van der Waals surface area contributed by atoms with Crippen molar-refractivity contribution in [2.75, 3.05) is 11.9 Å². The zero-order chi connectivity index (χ0) is 14.7. The Hall–Kier alpha value is -1.56. The minimum absolute atomic E-state index is 0.327. The minimum Gasteiger partial charge on any atom is -0.480 e. The average Bonchev–Trinajstić information content (AvgIpc) is 2.41. The van der Waals surface area contributed by atoms with Crippen LogP contribution in [-0.4, -0.2) is 34.6 Å². The van der Waals surface area contributed by atoms with Gasteiger partial charge in [-0.2, -0.15) is 0 Å². The Balaban J connectivity index is 2.06. The summed E-state index contributed by atoms with van der Waals surface area (Å²) in [6.07, 6.45) is 1.33. The van der Waals surface area contributed by atoms with Crippen molar-refractivity contribution in [1.82, 2.24) is 4.90 Å². The molecule has 1 aromatic carbocycles. The van der Waals surface area contributed by atoms with Gasteiger partial charge in [0.25, 0.3) is 0 Å². The fraction of sp³-hybridized carbons (Fsp3) is 0.429. The van der Waals surface area contributed by atoms with Crippen LogP contribution >= 0.6 is 15.9 Å². The number of benzene rings is 1. The quantitative estimate of drug-likeness (QED) is 0.868. The molecule has 1 aliphatic heterocycles. The van der Waals surface area contributed by atoms with E-state index in [2.05, 4.69) is 21.2 Å². The van der Waals surface area contributed by atoms with Gasteiger partial charge in [-0.15, -0.1) is 0 Å². The van der Waals surface area contributed by atoms with Gasteiger partial charge >= 0.3 is 12.0 Å². The van der Waals surface area contributed by atoms with Crippen LogP contribution in [0, 0.1) is 5.92 Å². The number of rotatable bonds is 2. The zero-order valence-electron chi connectivity index (χ0n) is 11.2. The molecule has 20 heavy (non-hydrogen) atoms. The zero-order valence-corrected chi connectivity index (χ0v) is 12.8. The maximum Gasteiger partial charge on any atom is 0.326 e. The van der Waals surface area contributed by atoms with E-state index in [0.29, 0.717) is 24.6 Å². The van der Waals surface area contributed by atoms with Gasteiger partial charge in [0.1, 0.15) is 6.04 Å². The molecule has 1 heterocycles. The van der Waals surface area contributed by atoms with Crippen LogP contribution < -0.4 is 5.32 Å². The lowest BCUT2D eigenvalue weighted by molar-refractivity contribution is -0.143. The second-order valence-electron chi connectivity index (χ2n) is 5.11. The summed E-state index contributed by atoms with van der Waals surface area (Å²) in [5, 5.41) is 12.0. The molecular weight excluding hydrogens is 324 g/mol. The molecule has 1 saturated heterocycles. The number of likely N-dealkylation sites (tertiary alicyclic amines) is 1. The Morgan fingerprint density at radius 2 is 2.00 bits per heavy atom. The maximum absolute atomic E-state index is 12.2. The molecule has 108 valence electrons. The van der Waals surface area contributed by atoms with Gasteiger partial charge in [0.2, 0.25) is 0 Å². The highest BCUT2D eigenvalue weighted by Gasteiger charge is 2.34. The van der Waals surface area contributed by atoms with E-state index in [1.807, 2.05) is 19.1 Å². The molecule has 0 spiro atoms. The van der Waals surface area contributed by atoms with Crippen LogP contribution in [0.1, 0.15) is 19.8 Å². The van der Waals surface area contributed by atoms with Gasteiger partial charge in [0.05, 0.1) is 0 Å². The molecule has 2 unspecified atom stereocenters. The number of nitrogens with one attached hydrogen (secondary N) is 1. The molecule has 6 heteroatoms. The molecule has 2 rings (SSSR count). The Kier molecular flexibility index (Phi) is 4.65. The number of hydrogen-bond donors (Lipinski definition) is 2. The monoisotopic (exact) mass is 340 g/mol. The van der Waals surface area contributed by atoms with Crippen molar-refractivity contribution in [3.63, 3.8) is 0 Å². The van der Waals surface area contributed by atoms with E-state index in [0.717, 1.165) is 10.9 Å². The summed E-state index contributed by atoms with van der Waals surface area (Å²) >= 11 is 3.32. The number of carbonyl (C=O) groups excluding carboxylic acids is 1. The first-order valence-corrected chi connectivity index (χ1v) is 7.32.